The van der Waals surface area contributed by atoms with Crippen molar-refractivity contribution in [1.82, 2.24) is 10.9 Å². The van der Waals surface area contributed by atoms with Gasteiger partial charge in [-0.2, -0.15) is 0 Å². The Balaban J connectivity index is 1.65. The van der Waals surface area contributed by atoms with Gasteiger partial charge in [-0.25, -0.2) is 8.42 Å². The summed E-state index contributed by atoms with van der Waals surface area (Å²) >= 11 is 11.8. The van der Waals surface area contributed by atoms with Gasteiger partial charge in [-0.05, 0) is 61.5 Å². The highest BCUT2D eigenvalue weighted by Gasteiger charge is 2.16. The molecule has 0 bridgehead atoms. The molecule has 0 aromatic heterocycles. The average molecular weight is 478 g/mol. The van der Waals surface area contributed by atoms with Crippen LogP contribution in [0.3, 0.4) is 0 Å². The fourth-order valence-electron chi connectivity index (χ4n) is 2.55. The zero-order valence-electron chi connectivity index (χ0n) is 16.1. The Morgan fingerprint density at radius 2 is 1.42 bits per heavy atom. The highest BCUT2D eigenvalue weighted by atomic mass is 35.5. The maximum atomic E-state index is 12.5. The van der Waals surface area contributed by atoms with E-state index in [1.165, 1.54) is 42.5 Å². The number of hydrazine groups is 1. The molecule has 3 aromatic rings. The van der Waals surface area contributed by atoms with Gasteiger partial charge in [0.2, 0.25) is 0 Å². The number of sulfonamides is 1. The van der Waals surface area contributed by atoms with Crippen molar-refractivity contribution in [2.24, 2.45) is 0 Å². The number of carbonyl (C=O) groups excluding carboxylic acids is 2. The van der Waals surface area contributed by atoms with E-state index in [4.69, 9.17) is 23.2 Å². The van der Waals surface area contributed by atoms with Gasteiger partial charge in [0.05, 0.1) is 15.5 Å². The molecule has 3 rings (SSSR count). The van der Waals surface area contributed by atoms with Gasteiger partial charge < -0.3 is 0 Å². The van der Waals surface area contributed by atoms with Gasteiger partial charge in [0.15, 0.2) is 0 Å². The summed E-state index contributed by atoms with van der Waals surface area (Å²) in [5.41, 5.74) is 6.15. The first-order valence-corrected chi connectivity index (χ1v) is 11.1. The number of hydrogen-bond acceptors (Lipinski definition) is 4. The molecule has 0 aliphatic heterocycles. The van der Waals surface area contributed by atoms with Crippen molar-refractivity contribution in [2.75, 3.05) is 4.72 Å². The van der Waals surface area contributed by atoms with Crippen LogP contribution in [0.4, 0.5) is 5.69 Å². The first-order valence-electron chi connectivity index (χ1n) is 8.91. The lowest BCUT2D eigenvalue weighted by atomic mass is 10.2. The Morgan fingerprint density at radius 1 is 0.806 bits per heavy atom. The highest BCUT2D eigenvalue weighted by Crippen LogP contribution is 2.20. The molecule has 160 valence electrons. The molecule has 0 saturated carbocycles. The van der Waals surface area contributed by atoms with Crippen LogP contribution in [0.15, 0.2) is 71.6 Å². The third kappa shape index (κ3) is 5.75. The lowest BCUT2D eigenvalue weighted by Crippen LogP contribution is -2.41. The number of hydrogen-bond donors (Lipinski definition) is 3. The molecule has 7 nitrogen and oxygen atoms in total. The summed E-state index contributed by atoms with van der Waals surface area (Å²) in [5, 5.41) is 0.490. The Bertz CT molecular complexity index is 1230. The number of anilines is 1. The van der Waals surface area contributed by atoms with Crippen molar-refractivity contribution in [3.8, 4) is 0 Å². The van der Waals surface area contributed by atoms with E-state index in [2.05, 4.69) is 15.6 Å². The normalized spacial score (nSPS) is 10.9. The summed E-state index contributed by atoms with van der Waals surface area (Å²) < 4.78 is 27.5. The largest absolute Gasteiger partial charge is 0.280 e. The SMILES string of the molecule is Cc1ccc(NS(=O)(=O)c2ccc(C(=O)NNC(=O)c3cc(Cl)ccc3Cl)cc2)cc1. The second-order valence-electron chi connectivity index (χ2n) is 6.53. The molecule has 0 unspecified atom stereocenters. The first-order chi connectivity index (χ1) is 14.7. The summed E-state index contributed by atoms with van der Waals surface area (Å²) in [6, 6.07) is 16.5. The van der Waals surface area contributed by atoms with Crippen molar-refractivity contribution >= 4 is 50.7 Å². The van der Waals surface area contributed by atoms with E-state index in [1.54, 1.807) is 24.3 Å². The summed E-state index contributed by atoms with van der Waals surface area (Å²) in [6.07, 6.45) is 0. The van der Waals surface area contributed by atoms with Crippen molar-refractivity contribution in [3.63, 3.8) is 0 Å². The molecule has 0 fully saturated rings. The zero-order chi connectivity index (χ0) is 22.6. The number of halogens is 2. The predicted octanol–water partition coefficient (Wildman–Crippen LogP) is 4.18. The lowest BCUT2D eigenvalue weighted by molar-refractivity contribution is 0.0846. The number of amides is 2. The minimum absolute atomic E-state index is 0.0145. The van der Waals surface area contributed by atoms with Gasteiger partial charge in [-0.1, -0.05) is 40.9 Å². The van der Waals surface area contributed by atoms with Crippen molar-refractivity contribution in [1.29, 1.82) is 0 Å². The fourth-order valence-corrected chi connectivity index (χ4v) is 3.98. The van der Waals surface area contributed by atoms with Gasteiger partial charge in [0.1, 0.15) is 0 Å². The van der Waals surface area contributed by atoms with E-state index in [0.29, 0.717) is 10.7 Å². The highest BCUT2D eigenvalue weighted by molar-refractivity contribution is 7.92. The maximum Gasteiger partial charge on any atom is 0.271 e. The number of benzene rings is 3. The standard InChI is InChI=1S/C21H17Cl2N3O4S/c1-13-2-7-16(8-3-13)26-31(29,30)17-9-4-14(5-10-17)20(27)24-25-21(28)18-12-15(22)6-11-19(18)23/h2-12,26H,1H3,(H,24,27)(H,25,28). The number of rotatable bonds is 5. The minimum Gasteiger partial charge on any atom is -0.280 e. The number of carbonyl (C=O) groups is 2. The van der Waals surface area contributed by atoms with Crippen LogP contribution in [0.1, 0.15) is 26.3 Å². The summed E-state index contributed by atoms with van der Waals surface area (Å²) in [7, 11) is -3.82. The van der Waals surface area contributed by atoms with Crippen LogP contribution in [0.5, 0.6) is 0 Å². The monoisotopic (exact) mass is 477 g/mol. The first kappa shape index (κ1) is 22.6. The van der Waals surface area contributed by atoms with Crippen LogP contribution in [0.25, 0.3) is 0 Å². The van der Waals surface area contributed by atoms with E-state index >= 15 is 0 Å². The molecule has 0 saturated heterocycles. The molecule has 0 aliphatic rings. The molecule has 0 heterocycles. The number of nitrogens with one attached hydrogen (secondary N) is 3. The van der Waals surface area contributed by atoms with E-state index in [1.807, 2.05) is 6.92 Å². The van der Waals surface area contributed by atoms with E-state index in [0.717, 1.165) is 5.56 Å². The third-order valence-corrected chi connectivity index (χ3v) is 6.16. The van der Waals surface area contributed by atoms with Crippen LogP contribution in [0.2, 0.25) is 10.0 Å². The fraction of sp³-hybridized carbons (Fsp3) is 0.0476. The molecule has 0 atom stereocenters. The Hall–Kier alpha value is -3.07. The molecular weight excluding hydrogens is 461 g/mol. The molecular formula is C21H17Cl2N3O4S. The molecule has 10 heteroatoms. The summed E-state index contributed by atoms with van der Waals surface area (Å²) in [4.78, 5) is 24.4. The van der Waals surface area contributed by atoms with E-state index in [-0.39, 0.29) is 21.0 Å². The van der Waals surface area contributed by atoms with E-state index in [9.17, 15) is 18.0 Å². The maximum absolute atomic E-state index is 12.5. The molecule has 2 amide bonds. The zero-order valence-corrected chi connectivity index (χ0v) is 18.5. The predicted molar refractivity (Wildman–Crippen MR) is 120 cm³/mol. The molecule has 0 radical (unpaired) electrons. The Kier molecular flexibility index (Phi) is 6.84. The van der Waals surface area contributed by atoms with Crippen LogP contribution < -0.4 is 15.6 Å². The minimum atomic E-state index is -3.82. The molecule has 3 aromatic carbocycles. The second-order valence-corrected chi connectivity index (χ2v) is 9.05. The summed E-state index contributed by atoms with van der Waals surface area (Å²) in [5.74, 6) is -1.29. The van der Waals surface area contributed by atoms with Gasteiger partial charge in [-0.15, -0.1) is 0 Å². The van der Waals surface area contributed by atoms with Gasteiger partial charge >= 0.3 is 0 Å². The topological polar surface area (TPSA) is 104 Å². The van der Waals surface area contributed by atoms with Gasteiger partial charge in [0.25, 0.3) is 21.8 Å². The molecule has 0 spiro atoms. The van der Waals surface area contributed by atoms with Crippen LogP contribution >= 0.6 is 23.2 Å². The van der Waals surface area contributed by atoms with Gasteiger partial charge in [-0.3, -0.25) is 25.2 Å². The van der Waals surface area contributed by atoms with Crippen molar-refractivity contribution in [2.45, 2.75) is 11.8 Å². The van der Waals surface area contributed by atoms with Crippen LogP contribution in [-0.4, -0.2) is 20.2 Å². The van der Waals surface area contributed by atoms with Crippen LogP contribution in [-0.2, 0) is 10.0 Å². The van der Waals surface area contributed by atoms with Crippen molar-refractivity contribution in [3.05, 3.63) is 93.5 Å². The smallest absolute Gasteiger partial charge is 0.271 e. The van der Waals surface area contributed by atoms with Gasteiger partial charge in [0, 0.05) is 16.3 Å². The summed E-state index contributed by atoms with van der Waals surface area (Å²) in [6.45, 7) is 1.90. The van der Waals surface area contributed by atoms with Crippen LogP contribution in [0, 0.1) is 6.92 Å². The van der Waals surface area contributed by atoms with E-state index < -0.39 is 21.8 Å². The Labute approximate surface area is 189 Å². The molecule has 31 heavy (non-hydrogen) atoms. The third-order valence-electron chi connectivity index (χ3n) is 4.19. The number of aryl methyl sites for hydroxylation is 1. The second kappa shape index (κ2) is 9.38. The lowest BCUT2D eigenvalue weighted by Gasteiger charge is -2.10. The average Bonchev–Trinajstić information content (AvgIpc) is 2.75. The van der Waals surface area contributed by atoms with Crippen molar-refractivity contribution < 1.29 is 18.0 Å². The Morgan fingerprint density at radius 3 is 2.06 bits per heavy atom. The molecule has 3 N–H and O–H groups in total. The quantitative estimate of drug-likeness (QED) is 0.479. The molecule has 0 aliphatic carbocycles.